The molecule has 0 saturated carbocycles. The maximum atomic E-state index is 11.4. The highest BCUT2D eigenvalue weighted by atomic mass is 16.1. The Bertz CT molecular complexity index is 549. The predicted octanol–water partition coefficient (Wildman–Crippen LogP) is 2.59. The fraction of sp³-hybridized carbons (Fsp3) is 0.438. The molecule has 0 spiro atoms. The van der Waals surface area contributed by atoms with Crippen LogP contribution in [0, 0.1) is 6.20 Å². The molecule has 0 fully saturated rings. The van der Waals surface area contributed by atoms with Gasteiger partial charge in [-0.15, -0.1) is 0 Å². The van der Waals surface area contributed by atoms with Crippen LogP contribution < -0.4 is 11.1 Å². The Balaban J connectivity index is 2.06. The summed E-state index contributed by atoms with van der Waals surface area (Å²) in [4.78, 5) is 11.4. The molecule has 1 heterocycles. The van der Waals surface area contributed by atoms with Crippen LogP contribution in [0.3, 0.4) is 0 Å². The van der Waals surface area contributed by atoms with Crippen LogP contribution in [-0.2, 0) is 4.79 Å². The minimum Gasteiger partial charge on any atom is -0.316 e. The molecule has 2 rings (SSSR count). The highest BCUT2D eigenvalue weighted by molar-refractivity contribution is 5.81. The van der Waals surface area contributed by atoms with E-state index in [0.29, 0.717) is 0 Å². The van der Waals surface area contributed by atoms with Crippen molar-refractivity contribution >= 4 is 17.2 Å². The molecule has 1 radical (unpaired) electrons. The molecular formula is C16H22N3O. The van der Waals surface area contributed by atoms with Crippen molar-refractivity contribution in [3.05, 3.63) is 36.5 Å². The molecule has 1 aromatic heterocycles. The first kappa shape index (κ1) is 14.8. The van der Waals surface area contributed by atoms with Crippen LogP contribution in [0.2, 0.25) is 0 Å². The smallest absolute Gasteiger partial charge is 0.157 e. The number of carbonyl (C=O) groups excluding carboxylic acids is 1. The van der Waals surface area contributed by atoms with Gasteiger partial charge in [-0.3, -0.25) is 10.1 Å². The van der Waals surface area contributed by atoms with E-state index >= 15 is 0 Å². The zero-order chi connectivity index (χ0) is 14.4. The van der Waals surface area contributed by atoms with E-state index in [-0.39, 0.29) is 6.17 Å². The molecule has 0 bridgehead atoms. The molecule has 2 atom stereocenters. The minimum absolute atomic E-state index is 0.175. The highest BCUT2D eigenvalue weighted by Crippen LogP contribution is 2.17. The summed E-state index contributed by atoms with van der Waals surface area (Å²) in [6.07, 6.45) is 7.62. The number of rotatable bonds is 8. The number of nitrogens with zero attached hydrogens (tertiary/aromatic N) is 1. The van der Waals surface area contributed by atoms with Gasteiger partial charge in [0.1, 0.15) is 6.17 Å². The fourth-order valence-corrected chi connectivity index (χ4v) is 2.36. The molecule has 2 aromatic rings. The van der Waals surface area contributed by atoms with Gasteiger partial charge in [-0.2, -0.15) is 0 Å². The van der Waals surface area contributed by atoms with Crippen molar-refractivity contribution in [1.82, 2.24) is 9.88 Å². The second-order valence-corrected chi connectivity index (χ2v) is 5.05. The van der Waals surface area contributed by atoms with Crippen LogP contribution in [-0.4, -0.2) is 17.0 Å². The lowest BCUT2D eigenvalue weighted by molar-refractivity contribution is -0.111. The third-order valence-electron chi connectivity index (χ3n) is 3.47. The van der Waals surface area contributed by atoms with Crippen molar-refractivity contribution < 1.29 is 4.79 Å². The van der Waals surface area contributed by atoms with Crippen LogP contribution in [0.1, 0.15) is 38.8 Å². The molecule has 4 heteroatoms. The monoisotopic (exact) mass is 272 g/mol. The van der Waals surface area contributed by atoms with Gasteiger partial charge in [-0.25, -0.2) is 0 Å². The zero-order valence-corrected chi connectivity index (χ0v) is 11.9. The lowest BCUT2D eigenvalue weighted by atomic mass is 10.2. The van der Waals surface area contributed by atoms with Crippen molar-refractivity contribution in [2.24, 2.45) is 5.73 Å². The molecule has 0 amide bonds. The number of aromatic nitrogens is 1. The van der Waals surface area contributed by atoms with Gasteiger partial charge >= 0.3 is 0 Å². The Labute approximate surface area is 120 Å². The Morgan fingerprint density at radius 3 is 2.95 bits per heavy atom. The van der Waals surface area contributed by atoms with E-state index < -0.39 is 6.17 Å². The summed E-state index contributed by atoms with van der Waals surface area (Å²) >= 11 is 0. The largest absolute Gasteiger partial charge is 0.316 e. The normalized spacial score (nSPS) is 14.3. The number of unbranched alkanes of at least 4 members (excludes halogenated alkanes) is 2. The van der Waals surface area contributed by atoms with Gasteiger partial charge in [0.05, 0.1) is 17.9 Å². The van der Waals surface area contributed by atoms with Gasteiger partial charge in [-0.05, 0) is 18.6 Å². The SMILES string of the molecule is CCCCCC(N)NC(C=O)n1[c]cc2ccccc21. The first-order valence-corrected chi connectivity index (χ1v) is 7.21. The third kappa shape index (κ3) is 3.46. The summed E-state index contributed by atoms with van der Waals surface area (Å²) in [6, 6.07) is 9.80. The maximum absolute atomic E-state index is 11.4. The first-order valence-electron chi connectivity index (χ1n) is 7.21. The topological polar surface area (TPSA) is 60.0 Å². The lowest BCUT2D eigenvalue weighted by Crippen LogP contribution is -2.42. The van der Waals surface area contributed by atoms with Crippen LogP contribution >= 0.6 is 0 Å². The molecule has 4 nitrogen and oxygen atoms in total. The van der Waals surface area contributed by atoms with Crippen LogP contribution in [0.4, 0.5) is 0 Å². The summed E-state index contributed by atoms with van der Waals surface area (Å²) in [5.74, 6) is 0. The first-order chi connectivity index (χ1) is 9.76. The van der Waals surface area contributed by atoms with Gasteiger partial charge in [-0.1, -0.05) is 44.4 Å². The Morgan fingerprint density at radius 2 is 2.20 bits per heavy atom. The van der Waals surface area contributed by atoms with Crippen molar-refractivity contribution in [1.29, 1.82) is 0 Å². The molecular weight excluding hydrogens is 250 g/mol. The van der Waals surface area contributed by atoms with E-state index in [1.54, 1.807) is 0 Å². The fourth-order valence-electron chi connectivity index (χ4n) is 2.36. The molecule has 0 aliphatic heterocycles. The molecule has 20 heavy (non-hydrogen) atoms. The van der Waals surface area contributed by atoms with E-state index in [1.165, 1.54) is 12.8 Å². The summed E-state index contributed by atoms with van der Waals surface area (Å²) in [6.45, 7) is 2.16. The zero-order valence-electron chi connectivity index (χ0n) is 11.9. The standard InChI is InChI=1S/C16H22N3O/c1-2-3-4-9-15(17)18-16(12-20)19-11-10-13-7-5-6-8-14(13)19/h5-8,10,12,15-16,18H,2-4,9,17H2,1H3. The number of hydrogen-bond donors (Lipinski definition) is 2. The second kappa shape index (κ2) is 7.22. The van der Waals surface area contributed by atoms with Gasteiger partial charge in [0.25, 0.3) is 0 Å². The van der Waals surface area contributed by atoms with Crippen LogP contribution in [0.25, 0.3) is 10.9 Å². The summed E-state index contributed by atoms with van der Waals surface area (Å²) < 4.78 is 1.81. The molecule has 2 unspecified atom stereocenters. The van der Waals surface area contributed by atoms with E-state index in [9.17, 15) is 4.79 Å². The van der Waals surface area contributed by atoms with E-state index in [0.717, 1.165) is 30.0 Å². The summed E-state index contributed by atoms with van der Waals surface area (Å²) in [5, 5.41) is 4.23. The van der Waals surface area contributed by atoms with Crippen molar-refractivity contribution in [2.45, 2.75) is 44.9 Å². The van der Waals surface area contributed by atoms with Crippen LogP contribution in [0.15, 0.2) is 30.3 Å². The van der Waals surface area contributed by atoms with Crippen molar-refractivity contribution in [3.63, 3.8) is 0 Å². The van der Waals surface area contributed by atoms with Gasteiger partial charge in [0, 0.05) is 5.39 Å². The van der Waals surface area contributed by atoms with E-state index in [1.807, 2.05) is 34.9 Å². The molecule has 3 N–H and O–H groups in total. The number of nitrogens with two attached hydrogens (primary N) is 1. The van der Waals surface area contributed by atoms with Gasteiger partial charge < -0.3 is 10.3 Å². The summed E-state index contributed by atoms with van der Waals surface area (Å²) in [7, 11) is 0. The second-order valence-electron chi connectivity index (χ2n) is 5.05. The van der Waals surface area contributed by atoms with Gasteiger partial charge in [0.15, 0.2) is 6.29 Å². The number of nitrogens with one attached hydrogen (secondary N) is 1. The molecule has 0 aliphatic carbocycles. The number of fused-ring (bicyclic) bond motifs is 1. The van der Waals surface area contributed by atoms with E-state index in [2.05, 4.69) is 18.4 Å². The predicted molar refractivity (Wildman–Crippen MR) is 81.1 cm³/mol. The van der Waals surface area contributed by atoms with Crippen LogP contribution in [0.5, 0.6) is 0 Å². The Morgan fingerprint density at radius 1 is 1.40 bits per heavy atom. The number of carbonyl (C=O) groups is 1. The third-order valence-corrected chi connectivity index (χ3v) is 3.47. The number of hydrogen-bond acceptors (Lipinski definition) is 3. The average Bonchev–Trinajstić information content (AvgIpc) is 2.89. The van der Waals surface area contributed by atoms with E-state index in [4.69, 9.17) is 5.73 Å². The minimum atomic E-state index is -0.466. The number of aldehydes is 1. The molecule has 0 aliphatic rings. The number of benzene rings is 1. The highest BCUT2D eigenvalue weighted by Gasteiger charge is 2.14. The molecule has 0 saturated heterocycles. The van der Waals surface area contributed by atoms with Crippen molar-refractivity contribution in [2.75, 3.05) is 0 Å². The summed E-state index contributed by atoms with van der Waals surface area (Å²) in [5.41, 5.74) is 7.03. The Kier molecular flexibility index (Phi) is 5.32. The average molecular weight is 272 g/mol. The Hall–Kier alpha value is -1.65. The molecule has 107 valence electrons. The van der Waals surface area contributed by atoms with Crippen molar-refractivity contribution in [3.8, 4) is 0 Å². The lowest BCUT2D eigenvalue weighted by Gasteiger charge is -2.20. The molecule has 1 aromatic carbocycles. The van der Waals surface area contributed by atoms with Gasteiger partial charge in [0.2, 0.25) is 0 Å². The maximum Gasteiger partial charge on any atom is 0.157 e. The number of para-hydroxylation sites is 1. The quantitative estimate of drug-likeness (QED) is 0.441.